The third-order valence-corrected chi connectivity index (χ3v) is 5.56. The van der Waals surface area contributed by atoms with E-state index >= 15 is 0 Å². The van der Waals surface area contributed by atoms with Crippen molar-refractivity contribution in [2.75, 3.05) is 5.32 Å². The first-order valence-electron chi connectivity index (χ1n) is 8.49. The Labute approximate surface area is 154 Å². The van der Waals surface area contributed by atoms with Crippen LogP contribution in [0.15, 0.2) is 45.1 Å². The number of nitrogens with zero attached hydrogens (tertiary/aromatic N) is 2. The molecule has 2 heterocycles. The van der Waals surface area contributed by atoms with Gasteiger partial charge < -0.3 is 5.32 Å². The molecule has 1 aliphatic carbocycles. The van der Waals surface area contributed by atoms with E-state index in [1.54, 1.807) is 13.1 Å². The van der Waals surface area contributed by atoms with Crippen molar-refractivity contribution < 1.29 is 4.79 Å². The Bertz CT molecular complexity index is 1090. The molecule has 0 amide bonds. The molecule has 26 heavy (non-hydrogen) atoms. The summed E-state index contributed by atoms with van der Waals surface area (Å²) in [6.07, 6.45) is 1.89. The number of nitrogens with one attached hydrogen (secondary N) is 1. The molecule has 7 heteroatoms. The van der Waals surface area contributed by atoms with E-state index in [9.17, 15) is 14.4 Å². The Morgan fingerprint density at radius 3 is 2.54 bits per heavy atom. The van der Waals surface area contributed by atoms with Crippen molar-refractivity contribution in [3.8, 4) is 0 Å². The first-order valence-corrected chi connectivity index (χ1v) is 8.87. The average molecular weight is 372 g/mol. The van der Waals surface area contributed by atoms with Crippen LogP contribution in [0.3, 0.4) is 0 Å². The third kappa shape index (κ3) is 2.29. The minimum atomic E-state index is -0.576. The number of rotatable bonds is 1. The highest BCUT2D eigenvalue weighted by Crippen LogP contribution is 2.44. The zero-order valence-corrected chi connectivity index (χ0v) is 15.3. The number of fused-ring (bicyclic) bond motifs is 1. The van der Waals surface area contributed by atoms with E-state index < -0.39 is 17.2 Å². The number of carbonyl (C=O) groups excluding carboxylic acids is 1. The van der Waals surface area contributed by atoms with E-state index in [1.165, 1.54) is 11.6 Å². The van der Waals surface area contributed by atoms with Gasteiger partial charge in [0.2, 0.25) is 0 Å². The number of aromatic nitrogens is 2. The third-order valence-electron chi connectivity index (χ3n) is 5.22. The fraction of sp³-hybridized carbons (Fsp3) is 0.316. The fourth-order valence-corrected chi connectivity index (χ4v) is 4.16. The van der Waals surface area contributed by atoms with Crippen molar-refractivity contribution in [3.63, 3.8) is 0 Å². The van der Waals surface area contributed by atoms with Crippen LogP contribution in [0, 0.1) is 0 Å². The summed E-state index contributed by atoms with van der Waals surface area (Å²) in [6.45, 7) is 0. The molecular formula is C19H18ClN3O3. The number of carbonyl (C=O) groups is 1. The highest BCUT2D eigenvalue weighted by Gasteiger charge is 2.39. The van der Waals surface area contributed by atoms with Gasteiger partial charge >= 0.3 is 5.69 Å². The standard InChI is InChI=1S/C19H18ClN3O3/c1-22-17-16(18(25)23(2)19(22)26)14(10-6-3-4-7-11(10)20)15-12(21-17)8-5-9-13(15)24/h3-4,6-7,14,21H,5,8-9H2,1-2H3/t14-/m1/s1. The van der Waals surface area contributed by atoms with Crippen LogP contribution in [0.2, 0.25) is 5.02 Å². The van der Waals surface area contributed by atoms with Crippen molar-refractivity contribution in [2.45, 2.75) is 25.2 Å². The monoisotopic (exact) mass is 371 g/mol. The molecule has 0 bridgehead atoms. The van der Waals surface area contributed by atoms with E-state index in [0.29, 0.717) is 40.4 Å². The molecule has 1 atom stereocenters. The molecule has 6 nitrogen and oxygen atoms in total. The normalized spacial score (nSPS) is 19.0. The lowest BCUT2D eigenvalue weighted by Crippen LogP contribution is -2.44. The van der Waals surface area contributed by atoms with Crippen LogP contribution in [-0.4, -0.2) is 14.9 Å². The van der Waals surface area contributed by atoms with Gasteiger partial charge in [0.05, 0.1) is 5.56 Å². The summed E-state index contributed by atoms with van der Waals surface area (Å²) >= 11 is 6.43. The average Bonchev–Trinajstić information content (AvgIpc) is 2.64. The Morgan fingerprint density at radius 1 is 1.08 bits per heavy atom. The lowest BCUT2D eigenvalue weighted by atomic mass is 9.76. The van der Waals surface area contributed by atoms with E-state index in [1.807, 2.05) is 18.2 Å². The molecular weight excluding hydrogens is 354 g/mol. The van der Waals surface area contributed by atoms with Crippen LogP contribution in [-0.2, 0) is 18.9 Å². The van der Waals surface area contributed by atoms with Gasteiger partial charge in [-0.2, -0.15) is 0 Å². The fourth-order valence-electron chi connectivity index (χ4n) is 3.92. The van der Waals surface area contributed by atoms with Gasteiger partial charge in [-0.15, -0.1) is 0 Å². The summed E-state index contributed by atoms with van der Waals surface area (Å²) in [5.41, 5.74) is 1.64. The number of allylic oxidation sites excluding steroid dienone is 2. The Hall–Kier alpha value is -2.60. The number of benzene rings is 1. The van der Waals surface area contributed by atoms with Crippen LogP contribution in [0.4, 0.5) is 5.82 Å². The van der Waals surface area contributed by atoms with Gasteiger partial charge in [-0.1, -0.05) is 29.8 Å². The molecule has 2 aliphatic rings. The zero-order chi connectivity index (χ0) is 18.6. The lowest BCUT2D eigenvalue weighted by molar-refractivity contribution is -0.116. The Morgan fingerprint density at radius 2 is 1.81 bits per heavy atom. The van der Waals surface area contributed by atoms with Crippen LogP contribution in [0.5, 0.6) is 0 Å². The summed E-state index contributed by atoms with van der Waals surface area (Å²) in [6, 6.07) is 7.23. The quantitative estimate of drug-likeness (QED) is 0.834. The molecule has 134 valence electrons. The Kier molecular flexibility index (Phi) is 3.88. The van der Waals surface area contributed by atoms with Crippen LogP contribution in [0.25, 0.3) is 0 Å². The van der Waals surface area contributed by atoms with Crippen molar-refractivity contribution in [1.29, 1.82) is 0 Å². The second-order valence-corrected chi connectivity index (χ2v) is 7.12. The van der Waals surface area contributed by atoms with Gasteiger partial charge in [0.1, 0.15) is 5.82 Å². The number of Topliss-reactive ketones (excluding diaryl/α,β-unsaturated/α-hetero) is 1. The van der Waals surface area contributed by atoms with Gasteiger partial charge in [-0.25, -0.2) is 4.79 Å². The summed E-state index contributed by atoms with van der Waals surface area (Å²) in [5.74, 6) is -0.116. The zero-order valence-electron chi connectivity index (χ0n) is 14.5. The summed E-state index contributed by atoms with van der Waals surface area (Å²) in [5, 5.41) is 3.68. The number of anilines is 1. The molecule has 0 unspecified atom stereocenters. The van der Waals surface area contributed by atoms with E-state index in [2.05, 4.69) is 5.32 Å². The van der Waals surface area contributed by atoms with Gasteiger partial charge in [-0.3, -0.25) is 18.7 Å². The smallest absolute Gasteiger partial charge is 0.332 e. The largest absolute Gasteiger partial charge is 0.344 e. The second-order valence-electron chi connectivity index (χ2n) is 6.72. The number of ketones is 1. The molecule has 2 aromatic rings. The summed E-state index contributed by atoms with van der Waals surface area (Å²) in [7, 11) is 3.06. The maximum absolute atomic E-state index is 13.0. The van der Waals surface area contributed by atoms with Crippen molar-refractivity contribution >= 4 is 23.2 Å². The first-order chi connectivity index (χ1) is 12.4. The molecule has 0 spiro atoms. The molecule has 4 rings (SSSR count). The predicted molar refractivity (Wildman–Crippen MR) is 99.7 cm³/mol. The second kappa shape index (κ2) is 5.99. The topological polar surface area (TPSA) is 73.1 Å². The van der Waals surface area contributed by atoms with Gasteiger partial charge in [-0.05, 0) is 24.5 Å². The molecule has 1 aromatic carbocycles. The van der Waals surface area contributed by atoms with Crippen LogP contribution >= 0.6 is 11.6 Å². The highest BCUT2D eigenvalue weighted by atomic mass is 35.5. The number of halogens is 1. The van der Waals surface area contributed by atoms with Crippen molar-refractivity contribution in [3.05, 3.63) is 72.5 Å². The molecule has 1 aliphatic heterocycles. The molecule has 1 N–H and O–H groups in total. The SMILES string of the molecule is Cn1c2c(c(=O)n(C)c1=O)[C@H](c1ccccc1Cl)C1=C(CCCC1=O)N2. The van der Waals surface area contributed by atoms with Gasteiger partial charge in [0.15, 0.2) is 5.78 Å². The van der Waals surface area contributed by atoms with Gasteiger partial charge in [0.25, 0.3) is 5.56 Å². The number of hydrogen-bond acceptors (Lipinski definition) is 4. The molecule has 0 radical (unpaired) electrons. The van der Waals surface area contributed by atoms with Gasteiger partial charge in [0, 0.05) is 42.7 Å². The summed E-state index contributed by atoms with van der Waals surface area (Å²) < 4.78 is 2.49. The van der Waals surface area contributed by atoms with E-state index in [4.69, 9.17) is 11.6 Å². The van der Waals surface area contributed by atoms with Crippen LogP contribution in [0.1, 0.15) is 36.3 Å². The minimum Gasteiger partial charge on any atom is -0.344 e. The molecule has 1 aromatic heterocycles. The Balaban J connectivity index is 2.12. The predicted octanol–water partition coefficient (Wildman–Crippen LogP) is 2.30. The first kappa shape index (κ1) is 16.8. The number of hydrogen-bond donors (Lipinski definition) is 1. The van der Waals surface area contributed by atoms with Crippen molar-refractivity contribution in [2.24, 2.45) is 14.1 Å². The molecule has 0 saturated carbocycles. The van der Waals surface area contributed by atoms with E-state index in [-0.39, 0.29) is 5.78 Å². The summed E-state index contributed by atoms with van der Waals surface area (Å²) in [4.78, 5) is 38.1. The molecule has 0 fully saturated rings. The minimum absolute atomic E-state index is 0.0187. The maximum Gasteiger partial charge on any atom is 0.332 e. The molecule has 0 saturated heterocycles. The van der Waals surface area contributed by atoms with E-state index in [0.717, 1.165) is 16.7 Å². The van der Waals surface area contributed by atoms with Crippen LogP contribution < -0.4 is 16.6 Å². The maximum atomic E-state index is 13.0. The highest BCUT2D eigenvalue weighted by molar-refractivity contribution is 6.31. The lowest BCUT2D eigenvalue weighted by Gasteiger charge is -2.34. The van der Waals surface area contributed by atoms with Crippen molar-refractivity contribution in [1.82, 2.24) is 9.13 Å².